The van der Waals surface area contributed by atoms with Crippen molar-refractivity contribution in [1.82, 2.24) is 0 Å². The Morgan fingerprint density at radius 2 is 1.83 bits per heavy atom. The third-order valence-electron chi connectivity index (χ3n) is 7.61. The van der Waals surface area contributed by atoms with Gasteiger partial charge < -0.3 is 10.2 Å². The van der Waals surface area contributed by atoms with Crippen LogP contribution in [0.5, 0.6) is 11.5 Å². The number of benzene rings is 1. The van der Waals surface area contributed by atoms with Crippen LogP contribution in [0.1, 0.15) is 65.4 Å². The molecule has 0 radical (unpaired) electrons. The van der Waals surface area contributed by atoms with Crippen LogP contribution in [0, 0.1) is 22.2 Å². The monoisotopic (exact) mass is 328 g/mol. The topological polar surface area (TPSA) is 40.5 Å². The number of hydrogen-bond donors (Lipinski definition) is 2. The fourth-order valence-electron chi connectivity index (χ4n) is 5.91. The standard InChI is InChI=1S/C22H32O2/c1-15-7-10-19-20(2,3)11-6-12-21(19,4)22(15,5)14-16-13-17(23)8-9-18(16)24/h8-9,13,19,23-24H,1,6-7,10-12,14H2,2-5H3. The zero-order valence-corrected chi connectivity index (χ0v) is 15.7. The zero-order chi connectivity index (χ0) is 17.8. The van der Waals surface area contributed by atoms with Crippen LogP contribution in [0.15, 0.2) is 30.4 Å². The summed E-state index contributed by atoms with van der Waals surface area (Å²) in [6, 6.07) is 4.87. The predicted octanol–water partition coefficient (Wildman–Crippen LogP) is 5.83. The van der Waals surface area contributed by atoms with Crippen LogP contribution in [0.2, 0.25) is 0 Å². The van der Waals surface area contributed by atoms with Crippen molar-refractivity contribution in [2.45, 2.75) is 66.2 Å². The van der Waals surface area contributed by atoms with E-state index in [0.29, 0.717) is 11.3 Å². The van der Waals surface area contributed by atoms with E-state index in [1.807, 2.05) is 0 Å². The number of hydrogen-bond acceptors (Lipinski definition) is 2. The van der Waals surface area contributed by atoms with Gasteiger partial charge in [0.05, 0.1) is 0 Å². The molecule has 2 nitrogen and oxygen atoms in total. The van der Waals surface area contributed by atoms with Crippen molar-refractivity contribution in [3.05, 3.63) is 35.9 Å². The largest absolute Gasteiger partial charge is 0.508 e. The van der Waals surface area contributed by atoms with Crippen LogP contribution < -0.4 is 0 Å². The van der Waals surface area contributed by atoms with Gasteiger partial charge in [0, 0.05) is 0 Å². The minimum Gasteiger partial charge on any atom is -0.508 e. The highest BCUT2D eigenvalue weighted by Crippen LogP contribution is 2.66. The summed E-state index contributed by atoms with van der Waals surface area (Å²) in [5, 5.41) is 20.2. The van der Waals surface area contributed by atoms with Crippen molar-refractivity contribution < 1.29 is 10.2 Å². The molecule has 2 heteroatoms. The van der Waals surface area contributed by atoms with Gasteiger partial charge in [-0.1, -0.05) is 46.3 Å². The van der Waals surface area contributed by atoms with Crippen molar-refractivity contribution in [1.29, 1.82) is 0 Å². The Labute approximate surface area is 146 Å². The van der Waals surface area contributed by atoms with E-state index in [0.717, 1.165) is 18.4 Å². The van der Waals surface area contributed by atoms with Crippen molar-refractivity contribution in [2.75, 3.05) is 0 Å². The quantitative estimate of drug-likeness (QED) is 0.530. The molecule has 2 N–H and O–H groups in total. The summed E-state index contributed by atoms with van der Waals surface area (Å²) in [5.74, 6) is 1.18. The summed E-state index contributed by atoms with van der Waals surface area (Å²) in [7, 11) is 0. The van der Waals surface area contributed by atoms with Crippen molar-refractivity contribution in [3.63, 3.8) is 0 Å². The first-order valence-corrected chi connectivity index (χ1v) is 9.29. The molecule has 3 unspecified atom stereocenters. The smallest absolute Gasteiger partial charge is 0.119 e. The van der Waals surface area contributed by atoms with Crippen molar-refractivity contribution in [2.24, 2.45) is 22.2 Å². The Hall–Kier alpha value is -1.44. The van der Waals surface area contributed by atoms with Crippen LogP contribution in [0.4, 0.5) is 0 Å². The molecule has 3 rings (SSSR count). The highest BCUT2D eigenvalue weighted by atomic mass is 16.3. The lowest BCUT2D eigenvalue weighted by Gasteiger charge is -2.63. The highest BCUT2D eigenvalue weighted by molar-refractivity contribution is 5.41. The minimum atomic E-state index is -0.0567. The number of fused-ring (bicyclic) bond motifs is 1. The molecule has 0 amide bonds. The average molecular weight is 328 g/mol. The van der Waals surface area contributed by atoms with Crippen molar-refractivity contribution >= 4 is 0 Å². The van der Waals surface area contributed by atoms with E-state index < -0.39 is 0 Å². The van der Waals surface area contributed by atoms with Crippen LogP contribution in [-0.4, -0.2) is 10.2 Å². The predicted molar refractivity (Wildman–Crippen MR) is 99.2 cm³/mol. The first-order valence-electron chi connectivity index (χ1n) is 9.29. The van der Waals surface area contributed by atoms with E-state index in [2.05, 4.69) is 34.3 Å². The molecule has 1 aromatic carbocycles. The molecule has 24 heavy (non-hydrogen) atoms. The molecule has 2 aliphatic carbocycles. The van der Waals surface area contributed by atoms with Gasteiger partial charge in [-0.2, -0.15) is 0 Å². The normalized spacial score (nSPS) is 35.5. The fraction of sp³-hybridized carbons (Fsp3) is 0.636. The Morgan fingerprint density at radius 1 is 1.12 bits per heavy atom. The molecule has 0 spiro atoms. The Bertz CT molecular complexity index is 660. The van der Waals surface area contributed by atoms with Gasteiger partial charge in [0.25, 0.3) is 0 Å². The lowest BCUT2D eigenvalue weighted by molar-refractivity contribution is -0.0943. The molecule has 2 saturated carbocycles. The summed E-state index contributed by atoms with van der Waals surface area (Å²) < 4.78 is 0. The summed E-state index contributed by atoms with van der Waals surface area (Å²) in [6.45, 7) is 14.1. The lowest BCUT2D eigenvalue weighted by Crippen LogP contribution is -2.55. The first-order chi connectivity index (χ1) is 11.1. The fourth-order valence-corrected chi connectivity index (χ4v) is 5.91. The maximum atomic E-state index is 10.3. The highest BCUT2D eigenvalue weighted by Gasteiger charge is 2.58. The summed E-state index contributed by atoms with van der Waals surface area (Å²) in [5.41, 5.74) is 2.63. The Morgan fingerprint density at radius 3 is 2.54 bits per heavy atom. The number of phenols is 2. The first kappa shape index (κ1) is 17.4. The Kier molecular flexibility index (Phi) is 4.01. The van der Waals surface area contributed by atoms with E-state index in [-0.39, 0.29) is 22.3 Å². The van der Waals surface area contributed by atoms with Gasteiger partial charge in [0.15, 0.2) is 0 Å². The zero-order valence-electron chi connectivity index (χ0n) is 15.7. The Balaban J connectivity index is 2.05. The minimum absolute atomic E-state index is 0.0567. The van der Waals surface area contributed by atoms with Gasteiger partial charge in [-0.3, -0.25) is 0 Å². The van der Waals surface area contributed by atoms with E-state index in [1.165, 1.54) is 31.3 Å². The molecule has 0 aromatic heterocycles. The van der Waals surface area contributed by atoms with Crippen LogP contribution in [0.25, 0.3) is 0 Å². The molecule has 132 valence electrons. The molecule has 1 aromatic rings. The van der Waals surface area contributed by atoms with E-state index in [9.17, 15) is 10.2 Å². The summed E-state index contributed by atoms with van der Waals surface area (Å²) >= 11 is 0. The average Bonchev–Trinajstić information content (AvgIpc) is 2.48. The third-order valence-corrected chi connectivity index (χ3v) is 7.61. The van der Waals surface area contributed by atoms with Gasteiger partial charge in [-0.05, 0) is 78.0 Å². The molecule has 0 bridgehead atoms. The SMILES string of the molecule is C=C1CCC2C(C)(C)CCCC2(C)C1(C)Cc1cc(O)ccc1O. The van der Waals surface area contributed by atoms with Gasteiger partial charge >= 0.3 is 0 Å². The second-order valence-corrected chi connectivity index (χ2v) is 9.28. The lowest BCUT2D eigenvalue weighted by atomic mass is 9.42. The molecular weight excluding hydrogens is 296 g/mol. The molecule has 0 heterocycles. The summed E-state index contributed by atoms with van der Waals surface area (Å²) in [4.78, 5) is 0. The van der Waals surface area contributed by atoms with Crippen LogP contribution in [0.3, 0.4) is 0 Å². The maximum Gasteiger partial charge on any atom is 0.119 e. The third kappa shape index (κ3) is 2.46. The van der Waals surface area contributed by atoms with E-state index in [4.69, 9.17) is 0 Å². The number of rotatable bonds is 2. The number of aromatic hydroxyl groups is 2. The second kappa shape index (κ2) is 5.54. The molecule has 2 aliphatic rings. The molecular formula is C22H32O2. The maximum absolute atomic E-state index is 10.3. The number of allylic oxidation sites excluding steroid dienone is 1. The van der Waals surface area contributed by atoms with Crippen LogP contribution in [-0.2, 0) is 6.42 Å². The van der Waals surface area contributed by atoms with Gasteiger partial charge in [-0.25, -0.2) is 0 Å². The molecule has 2 fully saturated rings. The molecule has 0 saturated heterocycles. The van der Waals surface area contributed by atoms with E-state index >= 15 is 0 Å². The number of phenolic OH excluding ortho intramolecular Hbond substituents is 2. The van der Waals surface area contributed by atoms with Crippen LogP contribution >= 0.6 is 0 Å². The van der Waals surface area contributed by atoms with Gasteiger partial charge in [-0.15, -0.1) is 0 Å². The molecule has 3 atom stereocenters. The van der Waals surface area contributed by atoms with Crippen molar-refractivity contribution in [3.8, 4) is 11.5 Å². The summed E-state index contributed by atoms with van der Waals surface area (Å²) in [6.07, 6.45) is 6.82. The van der Waals surface area contributed by atoms with Gasteiger partial charge in [0.2, 0.25) is 0 Å². The van der Waals surface area contributed by atoms with Gasteiger partial charge in [0.1, 0.15) is 11.5 Å². The van der Waals surface area contributed by atoms with E-state index in [1.54, 1.807) is 18.2 Å². The second-order valence-electron chi connectivity index (χ2n) is 9.28. The molecule has 0 aliphatic heterocycles.